The van der Waals surface area contributed by atoms with Gasteiger partial charge < -0.3 is 24.3 Å². The van der Waals surface area contributed by atoms with Crippen LogP contribution in [0.1, 0.15) is 61.0 Å². The standard InChI is InChI=1S/C49H56ClN7O8S2/c1-49(2)13-10-36(43(29-49)34-4-6-37(50)7-5-34)31-55-16-18-56(19-17-55)38-8-9-41(46(26-38)65-39-25-35-11-14-51-47(35)52-30-39)48(58)53-67(62,63)40-27-44(57(59)60)42-24-33(32-64-45(42)28-40)12-15-54-20-22-66(3,61)23-21-54/h4-9,11,14,25-28,30,33H,3,10,12-13,15-24,29,31-32H2,1-2H3,(H,51,52)(H,53,58)/t33-/m0/s1. The number of allylic oxidation sites excluding steroid dienone is 1. The van der Waals surface area contributed by atoms with E-state index in [9.17, 15) is 27.5 Å². The van der Waals surface area contributed by atoms with Crippen molar-refractivity contribution in [2.75, 3.05) is 75.4 Å². The number of halogens is 1. The Labute approximate surface area is 396 Å². The second-order valence-electron chi connectivity index (χ2n) is 19.1. The summed E-state index contributed by atoms with van der Waals surface area (Å²) in [6.07, 6.45) is 7.47. The second kappa shape index (κ2) is 18.9. The third kappa shape index (κ3) is 10.8. The lowest BCUT2D eigenvalue weighted by atomic mass is 9.72. The smallest absolute Gasteiger partial charge is 0.277 e. The lowest BCUT2D eigenvalue weighted by Crippen LogP contribution is -2.47. The number of piperazine rings is 1. The molecule has 5 heterocycles. The Bertz CT molecular complexity index is 2950. The van der Waals surface area contributed by atoms with Crippen LogP contribution in [0, 0.1) is 21.4 Å². The van der Waals surface area contributed by atoms with E-state index in [4.69, 9.17) is 21.1 Å². The van der Waals surface area contributed by atoms with Gasteiger partial charge in [0, 0.05) is 97.8 Å². The number of hydrogen-bond donors (Lipinski definition) is 2. The number of anilines is 1. The maximum Gasteiger partial charge on any atom is 0.277 e. The SMILES string of the molecule is C=S1(=O)CCN(CC[C@@H]2COc3cc(S(=O)(=O)NC(=O)c4ccc(N5CCN(CC6=C(c7ccc(Cl)cc7)CC(C)(C)CC6)CC5)cc4Oc4cnc5[nH]ccc5c4)cc([N+](=O)[O-])c3C2)CC1. The summed E-state index contributed by atoms with van der Waals surface area (Å²) >= 11 is 6.25. The van der Waals surface area contributed by atoms with Crippen molar-refractivity contribution in [2.45, 2.75) is 50.8 Å². The molecule has 18 heteroatoms. The fraction of sp³-hybridized carbons (Fsp3) is 0.408. The summed E-state index contributed by atoms with van der Waals surface area (Å²) in [7, 11) is -6.68. The van der Waals surface area contributed by atoms with Gasteiger partial charge in [-0.3, -0.25) is 24.0 Å². The van der Waals surface area contributed by atoms with Crippen LogP contribution >= 0.6 is 11.6 Å². The molecule has 0 bridgehead atoms. The molecule has 0 radical (unpaired) electrons. The van der Waals surface area contributed by atoms with Crippen LogP contribution in [0.15, 0.2) is 89.6 Å². The molecule has 5 aromatic rings. The van der Waals surface area contributed by atoms with E-state index in [1.54, 1.807) is 24.4 Å². The number of carbonyl (C=O) groups excluding carboxylic acids is 1. The number of carbonyl (C=O) groups is 1. The Morgan fingerprint density at radius 2 is 1.81 bits per heavy atom. The van der Waals surface area contributed by atoms with Crippen LogP contribution in [0.5, 0.6) is 17.2 Å². The molecule has 15 nitrogen and oxygen atoms in total. The summed E-state index contributed by atoms with van der Waals surface area (Å²) in [5, 5.41) is 13.9. The first-order chi connectivity index (χ1) is 32.0. The molecule has 67 heavy (non-hydrogen) atoms. The van der Waals surface area contributed by atoms with Crippen molar-refractivity contribution in [3.63, 3.8) is 0 Å². The zero-order valence-electron chi connectivity index (χ0n) is 37.8. The summed E-state index contributed by atoms with van der Waals surface area (Å²) in [6.45, 7) is 10.9. The molecule has 9 rings (SSSR count). The topological polar surface area (TPSA) is 180 Å². The number of nitrogens with one attached hydrogen (secondary N) is 2. The van der Waals surface area contributed by atoms with Crippen LogP contribution in [0.2, 0.25) is 5.02 Å². The van der Waals surface area contributed by atoms with Gasteiger partial charge in [-0.2, -0.15) is 0 Å². The van der Waals surface area contributed by atoms with Gasteiger partial charge in [0.05, 0.1) is 33.7 Å². The molecule has 1 aliphatic carbocycles. The molecule has 0 spiro atoms. The molecule has 0 unspecified atom stereocenters. The minimum absolute atomic E-state index is 0.0428. The Kier molecular flexibility index (Phi) is 13.2. The van der Waals surface area contributed by atoms with Crippen LogP contribution in [0.3, 0.4) is 0 Å². The number of ether oxygens (including phenoxy) is 2. The number of pyridine rings is 1. The number of amides is 1. The molecular weight excluding hydrogens is 914 g/mol. The Balaban J connectivity index is 0.919. The Morgan fingerprint density at radius 1 is 1.04 bits per heavy atom. The summed E-state index contributed by atoms with van der Waals surface area (Å²) in [6, 6.07) is 19.1. The van der Waals surface area contributed by atoms with Crippen LogP contribution in [0.4, 0.5) is 11.4 Å². The summed E-state index contributed by atoms with van der Waals surface area (Å²) in [5.41, 5.74) is 5.61. The molecule has 354 valence electrons. The van der Waals surface area contributed by atoms with Crippen molar-refractivity contribution in [3.8, 4) is 17.2 Å². The highest BCUT2D eigenvalue weighted by Gasteiger charge is 2.34. The summed E-state index contributed by atoms with van der Waals surface area (Å²) in [5.74, 6) is 4.44. The van der Waals surface area contributed by atoms with E-state index in [1.165, 1.54) is 35.0 Å². The van der Waals surface area contributed by atoms with Gasteiger partial charge in [0.25, 0.3) is 21.6 Å². The molecule has 3 aromatic carbocycles. The number of benzene rings is 3. The molecular formula is C49H56ClN7O8S2. The molecule has 4 aliphatic rings. The van der Waals surface area contributed by atoms with E-state index in [1.807, 2.05) is 18.2 Å². The van der Waals surface area contributed by atoms with E-state index < -0.39 is 41.0 Å². The van der Waals surface area contributed by atoms with Crippen molar-refractivity contribution >= 4 is 70.9 Å². The first kappa shape index (κ1) is 46.6. The number of H-pyrrole nitrogens is 1. The predicted octanol–water partition coefficient (Wildman–Crippen LogP) is 7.79. The van der Waals surface area contributed by atoms with Gasteiger partial charge in [0.1, 0.15) is 22.9 Å². The number of fused-ring (bicyclic) bond motifs is 2. The van der Waals surface area contributed by atoms with Gasteiger partial charge in [0.15, 0.2) is 0 Å². The maximum atomic E-state index is 14.1. The van der Waals surface area contributed by atoms with Crippen LogP contribution in [-0.2, 0) is 26.0 Å². The summed E-state index contributed by atoms with van der Waals surface area (Å²) in [4.78, 5) is 39.8. The fourth-order valence-corrected chi connectivity index (χ4v) is 12.1. The third-order valence-corrected chi connectivity index (χ3v) is 17.0. The van der Waals surface area contributed by atoms with Gasteiger partial charge in [0.2, 0.25) is 0 Å². The number of rotatable bonds is 13. The molecule has 1 amide bonds. The molecule has 3 aliphatic heterocycles. The summed E-state index contributed by atoms with van der Waals surface area (Å²) < 4.78 is 54.7. The molecule has 0 saturated carbocycles. The third-order valence-electron chi connectivity index (χ3n) is 13.6. The van der Waals surface area contributed by atoms with Gasteiger partial charge in [-0.25, -0.2) is 18.1 Å². The van der Waals surface area contributed by atoms with Crippen molar-refractivity contribution < 1.29 is 31.8 Å². The van der Waals surface area contributed by atoms with E-state index in [0.717, 1.165) is 67.6 Å². The first-order valence-corrected chi connectivity index (χ1v) is 26.7. The van der Waals surface area contributed by atoms with E-state index >= 15 is 0 Å². The zero-order valence-corrected chi connectivity index (χ0v) is 40.2. The monoisotopic (exact) mass is 969 g/mol. The molecule has 2 aromatic heterocycles. The quantitative estimate of drug-likeness (QED) is 0.0666. The number of sulfonamides is 1. The minimum atomic E-state index is -4.65. The zero-order chi connectivity index (χ0) is 47.1. The van der Waals surface area contributed by atoms with E-state index in [0.29, 0.717) is 67.5 Å². The molecule has 2 saturated heterocycles. The van der Waals surface area contributed by atoms with Gasteiger partial charge in [-0.1, -0.05) is 43.2 Å². The van der Waals surface area contributed by atoms with E-state index in [-0.39, 0.29) is 35.0 Å². The number of hydrogen-bond acceptors (Lipinski definition) is 12. The molecule has 2 fully saturated rings. The Morgan fingerprint density at radius 3 is 2.55 bits per heavy atom. The number of aromatic amines is 1. The molecule has 2 N–H and O–H groups in total. The van der Waals surface area contributed by atoms with Crippen LogP contribution in [0.25, 0.3) is 16.6 Å². The lowest BCUT2D eigenvalue weighted by Gasteiger charge is -2.39. The van der Waals surface area contributed by atoms with Gasteiger partial charge >= 0.3 is 0 Å². The van der Waals surface area contributed by atoms with Gasteiger partial charge in [-0.15, -0.1) is 0 Å². The van der Waals surface area contributed by atoms with Crippen molar-refractivity contribution in [3.05, 3.63) is 117 Å². The first-order valence-electron chi connectivity index (χ1n) is 22.7. The highest BCUT2D eigenvalue weighted by Crippen LogP contribution is 2.44. The Hall–Kier alpha value is -5.46. The maximum absolute atomic E-state index is 14.1. The number of aromatic nitrogens is 2. The van der Waals surface area contributed by atoms with E-state index in [2.05, 4.69) is 61.2 Å². The van der Waals surface area contributed by atoms with Crippen LogP contribution < -0.4 is 19.1 Å². The number of nitro benzene ring substituents is 1. The van der Waals surface area contributed by atoms with Crippen molar-refractivity contribution in [2.24, 2.45) is 11.3 Å². The number of nitrogens with zero attached hydrogens (tertiary/aromatic N) is 5. The van der Waals surface area contributed by atoms with Crippen molar-refractivity contribution in [1.82, 2.24) is 24.5 Å². The number of nitro groups is 1. The van der Waals surface area contributed by atoms with Crippen LogP contribution in [-0.4, -0.2) is 120 Å². The lowest BCUT2D eigenvalue weighted by molar-refractivity contribution is -0.386. The highest BCUT2D eigenvalue weighted by atomic mass is 35.5. The minimum Gasteiger partial charge on any atom is -0.493 e. The predicted molar refractivity (Wildman–Crippen MR) is 264 cm³/mol. The normalized spacial score (nSPS) is 20.0. The average Bonchev–Trinajstić information content (AvgIpc) is 3.77. The highest BCUT2D eigenvalue weighted by molar-refractivity contribution is 8.00. The largest absolute Gasteiger partial charge is 0.493 e. The fourth-order valence-electron chi connectivity index (χ4n) is 9.61. The second-order valence-corrected chi connectivity index (χ2v) is 23.9. The van der Waals surface area contributed by atoms with Gasteiger partial charge in [-0.05, 0) is 113 Å². The molecule has 1 atom stereocenters. The van der Waals surface area contributed by atoms with Crippen molar-refractivity contribution in [1.29, 1.82) is 0 Å². The average molecular weight is 971 g/mol.